The van der Waals surface area contributed by atoms with Gasteiger partial charge in [0, 0.05) is 12.1 Å². The molecule has 200 valence electrons. The molecule has 1 heterocycles. The molecule has 0 aromatic heterocycles. The van der Waals surface area contributed by atoms with Crippen LogP contribution in [0.4, 0.5) is 0 Å². The maximum atomic E-state index is 13.3. The summed E-state index contributed by atoms with van der Waals surface area (Å²) in [5.41, 5.74) is 1.12. The first-order chi connectivity index (χ1) is 17.8. The summed E-state index contributed by atoms with van der Waals surface area (Å²) in [6, 6.07) is 11.5. The molecule has 0 aliphatic carbocycles. The number of amides is 1. The SMILES string of the molecule is CCCCOc1ccc(C2C(=C(O)c3cccc(OCC)c3)C(=O)C(=O)N2CCCN(C)C)cc1OC. The molecule has 37 heavy (non-hydrogen) atoms. The molecule has 2 aromatic carbocycles. The van der Waals surface area contributed by atoms with Gasteiger partial charge < -0.3 is 29.1 Å². The molecular weight excluding hydrogens is 472 g/mol. The number of unbranched alkanes of at least 4 members (excludes halogenated alkanes) is 1. The van der Waals surface area contributed by atoms with E-state index >= 15 is 0 Å². The molecule has 1 unspecified atom stereocenters. The smallest absolute Gasteiger partial charge is 0.295 e. The molecule has 1 fully saturated rings. The van der Waals surface area contributed by atoms with Gasteiger partial charge in [0.05, 0.1) is 31.9 Å². The molecule has 8 heteroatoms. The molecule has 1 atom stereocenters. The summed E-state index contributed by atoms with van der Waals surface area (Å²) >= 11 is 0. The van der Waals surface area contributed by atoms with Gasteiger partial charge in [-0.15, -0.1) is 0 Å². The lowest BCUT2D eigenvalue weighted by Gasteiger charge is -2.26. The van der Waals surface area contributed by atoms with Gasteiger partial charge in [-0.1, -0.05) is 31.5 Å². The fourth-order valence-corrected chi connectivity index (χ4v) is 4.37. The van der Waals surface area contributed by atoms with E-state index in [9.17, 15) is 14.7 Å². The van der Waals surface area contributed by atoms with E-state index in [4.69, 9.17) is 14.2 Å². The maximum absolute atomic E-state index is 13.3. The molecule has 0 spiro atoms. The number of rotatable bonds is 13. The molecule has 1 aliphatic heterocycles. The zero-order valence-corrected chi connectivity index (χ0v) is 22.5. The van der Waals surface area contributed by atoms with Gasteiger partial charge in [0.2, 0.25) is 0 Å². The van der Waals surface area contributed by atoms with Gasteiger partial charge in [-0.3, -0.25) is 9.59 Å². The zero-order valence-electron chi connectivity index (χ0n) is 22.5. The monoisotopic (exact) mass is 510 g/mol. The Hall–Kier alpha value is -3.52. The summed E-state index contributed by atoms with van der Waals surface area (Å²) in [7, 11) is 5.47. The highest BCUT2D eigenvalue weighted by Gasteiger charge is 2.46. The molecule has 0 radical (unpaired) electrons. The second kappa shape index (κ2) is 13.1. The van der Waals surface area contributed by atoms with Gasteiger partial charge in [0.15, 0.2) is 11.5 Å². The topological polar surface area (TPSA) is 88.5 Å². The lowest BCUT2D eigenvalue weighted by Crippen LogP contribution is -2.32. The van der Waals surface area contributed by atoms with E-state index in [1.165, 1.54) is 4.90 Å². The van der Waals surface area contributed by atoms with E-state index in [-0.39, 0.29) is 11.3 Å². The van der Waals surface area contributed by atoms with E-state index in [0.29, 0.717) is 54.6 Å². The van der Waals surface area contributed by atoms with Gasteiger partial charge in [-0.05, 0) is 70.2 Å². The number of carbonyl (C=O) groups is 2. The largest absolute Gasteiger partial charge is 0.507 e. The molecule has 0 saturated carbocycles. The quantitative estimate of drug-likeness (QED) is 0.182. The standard InChI is InChI=1S/C29H38N2O6/c1-6-8-17-37-23-14-13-20(19-24(23)35-5)26-25(27(32)21-11-9-12-22(18-21)36-7-2)28(33)29(34)31(26)16-10-15-30(3)4/h9,11-14,18-19,26,32H,6-8,10,15-17H2,1-5H3. The van der Waals surface area contributed by atoms with Crippen molar-refractivity contribution in [2.45, 2.75) is 39.2 Å². The second-order valence-electron chi connectivity index (χ2n) is 9.22. The predicted octanol–water partition coefficient (Wildman–Crippen LogP) is 4.65. The second-order valence-corrected chi connectivity index (χ2v) is 9.22. The average molecular weight is 511 g/mol. The number of likely N-dealkylation sites (tertiary alicyclic amines) is 1. The van der Waals surface area contributed by atoms with Gasteiger partial charge >= 0.3 is 0 Å². The third kappa shape index (κ3) is 6.63. The van der Waals surface area contributed by atoms with Crippen LogP contribution in [0.3, 0.4) is 0 Å². The predicted molar refractivity (Wildman–Crippen MR) is 143 cm³/mol. The Morgan fingerprint density at radius 1 is 1.03 bits per heavy atom. The van der Waals surface area contributed by atoms with Crippen molar-refractivity contribution in [2.24, 2.45) is 0 Å². The van der Waals surface area contributed by atoms with Crippen molar-refractivity contribution in [3.63, 3.8) is 0 Å². The molecule has 1 aliphatic rings. The van der Waals surface area contributed by atoms with Crippen LogP contribution in [0.2, 0.25) is 0 Å². The first-order valence-corrected chi connectivity index (χ1v) is 12.8. The number of hydrogen-bond acceptors (Lipinski definition) is 7. The summed E-state index contributed by atoms with van der Waals surface area (Å²) in [5.74, 6) is 0.0882. The number of hydrogen-bond donors (Lipinski definition) is 1. The van der Waals surface area contributed by atoms with Crippen LogP contribution in [0.15, 0.2) is 48.0 Å². The summed E-state index contributed by atoms with van der Waals surface area (Å²) < 4.78 is 17.0. The molecule has 1 amide bonds. The molecule has 3 rings (SSSR count). The summed E-state index contributed by atoms with van der Waals surface area (Å²) in [6.07, 6.45) is 2.59. The van der Waals surface area contributed by atoms with Crippen molar-refractivity contribution in [2.75, 3.05) is 47.5 Å². The third-order valence-electron chi connectivity index (χ3n) is 6.22. The highest BCUT2D eigenvalue weighted by atomic mass is 16.5. The van der Waals surface area contributed by atoms with Crippen LogP contribution in [0.1, 0.15) is 50.3 Å². The lowest BCUT2D eigenvalue weighted by molar-refractivity contribution is -0.139. The molecule has 8 nitrogen and oxygen atoms in total. The number of aliphatic hydroxyl groups is 1. The van der Waals surface area contributed by atoms with Crippen molar-refractivity contribution in [3.05, 3.63) is 59.2 Å². The molecule has 0 bridgehead atoms. The van der Waals surface area contributed by atoms with Gasteiger partial charge in [-0.25, -0.2) is 0 Å². The Balaban J connectivity index is 2.09. The molecular formula is C29H38N2O6. The number of ether oxygens (including phenoxy) is 3. The number of aliphatic hydroxyl groups excluding tert-OH is 1. The number of carbonyl (C=O) groups excluding carboxylic acids is 2. The van der Waals surface area contributed by atoms with Gasteiger partial charge in [-0.2, -0.15) is 0 Å². The van der Waals surface area contributed by atoms with E-state index in [1.54, 1.807) is 43.5 Å². The number of Topliss-reactive ketones (excluding diaryl/α,β-unsaturated/α-hetero) is 1. The highest BCUT2D eigenvalue weighted by molar-refractivity contribution is 6.46. The van der Waals surface area contributed by atoms with E-state index in [1.807, 2.05) is 32.0 Å². The number of methoxy groups -OCH3 is 1. The van der Waals surface area contributed by atoms with Crippen LogP contribution >= 0.6 is 0 Å². The van der Waals surface area contributed by atoms with Crippen LogP contribution in [-0.2, 0) is 9.59 Å². The summed E-state index contributed by atoms with van der Waals surface area (Å²) in [5, 5.41) is 11.3. The van der Waals surface area contributed by atoms with Crippen LogP contribution in [0.25, 0.3) is 5.76 Å². The summed E-state index contributed by atoms with van der Waals surface area (Å²) in [6.45, 7) is 6.10. The molecule has 1 N–H and O–H groups in total. The van der Waals surface area contributed by atoms with Crippen LogP contribution in [-0.4, -0.2) is 74.1 Å². The first-order valence-electron chi connectivity index (χ1n) is 12.8. The average Bonchev–Trinajstić information content (AvgIpc) is 3.13. The van der Waals surface area contributed by atoms with Crippen molar-refractivity contribution in [1.82, 2.24) is 9.80 Å². The Morgan fingerprint density at radius 2 is 1.81 bits per heavy atom. The Morgan fingerprint density at radius 3 is 2.49 bits per heavy atom. The number of benzene rings is 2. The number of ketones is 1. The van der Waals surface area contributed by atoms with Crippen molar-refractivity contribution in [1.29, 1.82) is 0 Å². The molecule has 1 saturated heterocycles. The normalized spacial score (nSPS) is 16.9. The first kappa shape index (κ1) is 28.1. The van der Waals surface area contributed by atoms with Crippen molar-refractivity contribution >= 4 is 17.4 Å². The highest BCUT2D eigenvalue weighted by Crippen LogP contribution is 2.42. The number of nitrogens with zero attached hydrogens (tertiary/aromatic N) is 2. The van der Waals surface area contributed by atoms with Gasteiger partial charge in [0.25, 0.3) is 11.7 Å². The Kier molecular flexibility index (Phi) is 9.97. The van der Waals surface area contributed by atoms with E-state index in [0.717, 1.165) is 19.4 Å². The van der Waals surface area contributed by atoms with Gasteiger partial charge in [0.1, 0.15) is 11.5 Å². The maximum Gasteiger partial charge on any atom is 0.295 e. The van der Waals surface area contributed by atoms with E-state index < -0.39 is 17.7 Å². The fraction of sp³-hybridized carbons (Fsp3) is 0.448. The van der Waals surface area contributed by atoms with Crippen molar-refractivity contribution in [3.8, 4) is 17.2 Å². The lowest BCUT2D eigenvalue weighted by atomic mass is 9.95. The minimum atomic E-state index is -0.767. The third-order valence-corrected chi connectivity index (χ3v) is 6.22. The minimum Gasteiger partial charge on any atom is -0.507 e. The minimum absolute atomic E-state index is 0.0465. The van der Waals surface area contributed by atoms with Crippen molar-refractivity contribution < 1.29 is 28.9 Å². The van der Waals surface area contributed by atoms with Crippen LogP contribution in [0, 0.1) is 0 Å². The van der Waals surface area contributed by atoms with Crippen LogP contribution in [0.5, 0.6) is 17.2 Å². The Labute approximate surface area is 219 Å². The van der Waals surface area contributed by atoms with Crippen LogP contribution < -0.4 is 14.2 Å². The van der Waals surface area contributed by atoms with E-state index in [2.05, 4.69) is 6.92 Å². The fourth-order valence-electron chi connectivity index (χ4n) is 4.37. The molecule has 2 aromatic rings. The summed E-state index contributed by atoms with van der Waals surface area (Å²) in [4.78, 5) is 30.1. The Bertz CT molecular complexity index is 1130. The zero-order chi connectivity index (χ0) is 26.9.